The van der Waals surface area contributed by atoms with Gasteiger partial charge in [-0.2, -0.15) is 0 Å². The monoisotopic (exact) mass is 362 g/mol. The molecule has 3 rings (SSSR count). The van der Waals surface area contributed by atoms with Gasteiger partial charge in [-0.15, -0.1) is 0 Å². The van der Waals surface area contributed by atoms with Crippen LogP contribution in [0.15, 0.2) is 18.2 Å². The molecule has 2 aliphatic rings. The van der Waals surface area contributed by atoms with Crippen molar-refractivity contribution in [3.05, 3.63) is 29.6 Å². The molecule has 1 saturated heterocycles. The molecule has 1 aliphatic carbocycles. The number of nitrogens with one attached hydrogen (secondary N) is 2. The SMILES string of the molecule is CC(NC(=O)CC(C)C1CCNCC1)c1ccc(OCC2CC2)c(F)c1. The highest BCUT2D eigenvalue weighted by Gasteiger charge is 2.24. The first-order chi connectivity index (χ1) is 12.5. The third-order valence-electron chi connectivity index (χ3n) is 5.70. The summed E-state index contributed by atoms with van der Waals surface area (Å²) in [4.78, 5) is 12.4. The molecule has 144 valence electrons. The third kappa shape index (κ3) is 5.44. The van der Waals surface area contributed by atoms with Gasteiger partial charge >= 0.3 is 0 Å². The summed E-state index contributed by atoms with van der Waals surface area (Å²) in [7, 11) is 0. The predicted molar refractivity (Wildman–Crippen MR) is 101 cm³/mol. The van der Waals surface area contributed by atoms with Crippen LogP contribution in [0.1, 0.15) is 57.6 Å². The summed E-state index contributed by atoms with van der Waals surface area (Å²) in [5.74, 6) is 1.56. The second-order valence-electron chi connectivity index (χ2n) is 8.00. The lowest BCUT2D eigenvalue weighted by molar-refractivity contribution is -0.123. The second-order valence-corrected chi connectivity index (χ2v) is 8.00. The maximum atomic E-state index is 14.2. The van der Waals surface area contributed by atoms with E-state index in [4.69, 9.17) is 4.74 Å². The van der Waals surface area contributed by atoms with Crippen LogP contribution < -0.4 is 15.4 Å². The number of hydrogen-bond acceptors (Lipinski definition) is 3. The highest BCUT2D eigenvalue weighted by Crippen LogP contribution is 2.31. The molecule has 26 heavy (non-hydrogen) atoms. The number of carbonyl (C=O) groups excluding carboxylic acids is 1. The molecule has 1 heterocycles. The lowest BCUT2D eigenvalue weighted by Gasteiger charge is -2.28. The summed E-state index contributed by atoms with van der Waals surface area (Å²) in [5, 5.41) is 6.37. The highest BCUT2D eigenvalue weighted by molar-refractivity contribution is 5.76. The first-order valence-electron chi connectivity index (χ1n) is 9.95. The quantitative estimate of drug-likeness (QED) is 0.739. The van der Waals surface area contributed by atoms with Gasteiger partial charge in [-0.25, -0.2) is 4.39 Å². The summed E-state index contributed by atoms with van der Waals surface area (Å²) in [6, 6.07) is 4.78. The molecule has 2 unspecified atom stereocenters. The number of rotatable bonds is 8. The smallest absolute Gasteiger partial charge is 0.220 e. The summed E-state index contributed by atoms with van der Waals surface area (Å²) in [5.41, 5.74) is 0.768. The normalized spacial score (nSPS) is 20.4. The molecule has 1 saturated carbocycles. The molecule has 1 aliphatic heterocycles. The number of ether oxygens (including phenoxy) is 1. The standard InChI is InChI=1S/C21H31FN2O2/c1-14(17-7-9-23-10-8-17)11-21(25)24-15(2)18-5-6-20(19(22)12-18)26-13-16-3-4-16/h5-6,12,14-17,23H,3-4,7-11,13H2,1-2H3,(H,24,25). The van der Waals surface area contributed by atoms with E-state index in [0.717, 1.165) is 31.5 Å². The summed E-state index contributed by atoms with van der Waals surface area (Å²) < 4.78 is 19.8. The molecule has 0 spiro atoms. The Bertz CT molecular complexity index is 612. The van der Waals surface area contributed by atoms with Crippen LogP contribution in [0.2, 0.25) is 0 Å². The van der Waals surface area contributed by atoms with Crippen molar-refractivity contribution < 1.29 is 13.9 Å². The average molecular weight is 362 g/mol. The number of hydrogen-bond donors (Lipinski definition) is 2. The molecule has 2 atom stereocenters. The number of piperidine rings is 1. The second kappa shape index (κ2) is 8.85. The number of amides is 1. The minimum absolute atomic E-state index is 0.0398. The van der Waals surface area contributed by atoms with E-state index in [1.54, 1.807) is 6.07 Å². The Balaban J connectivity index is 1.49. The zero-order valence-electron chi connectivity index (χ0n) is 15.9. The van der Waals surface area contributed by atoms with E-state index >= 15 is 0 Å². The molecule has 1 aromatic carbocycles. The predicted octanol–water partition coefficient (Wildman–Crippen LogP) is 3.82. The minimum atomic E-state index is -0.354. The molecule has 1 amide bonds. The molecule has 4 nitrogen and oxygen atoms in total. The van der Waals surface area contributed by atoms with Crippen LogP contribution in [0.4, 0.5) is 4.39 Å². The van der Waals surface area contributed by atoms with E-state index in [9.17, 15) is 9.18 Å². The number of halogens is 1. The van der Waals surface area contributed by atoms with Crippen molar-refractivity contribution in [1.82, 2.24) is 10.6 Å². The summed E-state index contributed by atoms with van der Waals surface area (Å²) in [6.45, 7) is 6.73. The van der Waals surface area contributed by atoms with Crippen molar-refractivity contribution in [3.63, 3.8) is 0 Å². The van der Waals surface area contributed by atoms with E-state index in [0.29, 0.717) is 36.5 Å². The van der Waals surface area contributed by atoms with E-state index < -0.39 is 0 Å². The van der Waals surface area contributed by atoms with Gasteiger partial charge in [0.25, 0.3) is 0 Å². The van der Waals surface area contributed by atoms with Crippen molar-refractivity contribution in [1.29, 1.82) is 0 Å². The molecule has 2 fully saturated rings. The van der Waals surface area contributed by atoms with Crippen LogP contribution in [-0.2, 0) is 4.79 Å². The van der Waals surface area contributed by atoms with Gasteiger partial charge in [0.1, 0.15) is 0 Å². The van der Waals surface area contributed by atoms with Gasteiger partial charge < -0.3 is 15.4 Å². The van der Waals surface area contributed by atoms with Crippen molar-refractivity contribution >= 4 is 5.91 Å². The van der Waals surface area contributed by atoms with Crippen molar-refractivity contribution in [2.24, 2.45) is 17.8 Å². The molecule has 5 heteroatoms. The van der Waals surface area contributed by atoms with Crippen molar-refractivity contribution in [3.8, 4) is 5.75 Å². The van der Waals surface area contributed by atoms with Gasteiger partial charge in [0.2, 0.25) is 5.91 Å². The zero-order valence-corrected chi connectivity index (χ0v) is 15.9. The van der Waals surface area contributed by atoms with Gasteiger partial charge in [-0.05, 0) is 81.1 Å². The Hall–Kier alpha value is -1.62. The molecule has 0 radical (unpaired) electrons. The van der Waals surface area contributed by atoms with Gasteiger partial charge in [0, 0.05) is 6.42 Å². The maximum Gasteiger partial charge on any atom is 0.220 e. The maximum absolute atomic E-state index is 14.2. The number of carbonyl (C=O) groups is 1. The Morgan fingerprint density at radius 3 is 2.65 bits per heavy atom. The van der Waals surface area contributed by atoms with E-state index in [-0.39, 0.29) is 17.8 Å². The van der Waals surface area contributed by atoms with E-state index in [1.807, 2.05) is 13.0 Å². The van der Waals surface area contributed by atoms with Gasteiger partial charge in [-0.1, -0.05) is 13.0 Å². The van der Waals surface area contributed by atoms with Gasteiger partial charge in [0.15, 0.2) is 11.6 Å². The van der Waals surface area contributed by atoms with E-state index in [1.165, 1.54) is 18.9 Å². The van der Waals surface area contributed by atoms with Crippen molar-refractivity contribution in [2.45, 2.75) is 52.0 Å². The van der Waals surface area contributed by atoms with Crippen LogP contribution >= 0.6 is 0 Å². The van der Waals surface area contributed by atoms with E-state index in [2.05, 4.69) is 17.6 Å². The lowest BCUT2D eigenvalue weighted by Crippen LogP contribution is -2.34. The third-order valence-corrected chi connectivity index (χ3v) is 5.70. The van der Waals surface area contributed by atoms with Crippen LogP contribution in [-0.4, -0.2) is 25.6 Å². The molecule has 2 N–H and O–H groups in total. The molecule has 0 aromatic heterocycles. The molecular weight excluding hydrogens is 331 g/mol. The van der Waals surface area contributed by atoms with Gasteiger partial charge in [0.05, 0.1) is 12.6 Å². The fraction of sp³-hybridized carbons (Fsp3) is 0.667. The van der Waals surface area contributed by atoms with Crippen LogP contribution in [0, 0.1) is 23.6 Å². The van der Waals surface area contributed by atoms with Crippen LogP contribution in [0.25, 0.3) is 0 Å². The summed E-state index contributed by atoms with van der Waals surface area (Å²) in [6.07, 6.45) is 5.16. The molecule has 0 bridgehead atoms. The van der Waals surface area contributed by atoms with Crippen molar-refractivity contribution in [2.75, 3.05) is 19.7 Å². The highest BCUT2D eigenvalue weighted by atomic mass is 19.1. The van der Waals surface area contributed by atoms with Crippen LogP contribution in [0.3, 0.4) is 0 Å². The Morgan fingerprint density at radius 1 is 1.27 bits per heavy atom. The number of benzene rings is 1. The fourth-order valence-electron chi connectivity index (χ4n) is 3.65. The molecular formula is C21H31FN2O2. The largest absolute Gasteiger partial charge is 0.490 e. The first-order valence-corrected chi connectivity index (χ1v) is 9.95. The first kappa shape index (κ1) is 19.2. The van der Waals surface area contributed by atoms with Crippen LogP contribution in [0.5, 0.6) is 5.75 Å². The molecule has 1 aromatic rings. The lowest BCUT2D eigenvalue weighted by atomic mass is 9.84. The van der Waals surface area contributed by atoms with Gasteiger partial charge in [-0.3, -0.25) is 4.79 Å². The minimum Gasteiger partial charge on any atom is -0.490 e. The Morgan fingerprint density at radius 2 is 2.00 bits per heavy atom. The Kier molecular flexibility index (Phi) is 6.52. The zero-order chi connectivity index (χ0) is 18.5. The summed E-state index contributed by atoms with van der Waals surface area (Å²) >= 11 is 0. The Labute approximate surface area is 155 Å². The average Bonchev–Trinajstić information content (AvgIpc) is 3.45. The fourth-order valence-corrected chi connectivity index (χ4v) is 3.65. The topological polar surface area (TPSA) is 50.4 Å².